The molecule has 4 aromatic carbocycles. The molecule has 16 N–H and O–H groups in total. The number of primary amides is 2. The number of nitrogens with two attached hydrogens (primary N) is 2. The second-order valence-corrected chi connectivity index (χ2v) is 20.9. The molecule has 27 nitrogen and oxygen atoms in total. The Morgan fingerprint density at radius 1 is 0.825 bits per heavy atom. The van der Waals surface area contributed by atoms with E-state index in [2.05, 4.69) is 41.7 Å². The number of hydrogen-bond donors (Lipinski definition) is 14. The van der Waals surface area contributed by atoms with Crippen LogP contribution in [0.3, 0.4) is 0 Å². The minimum absolute atomic E-state index is 0.0533. The number of hydrogen-bond acceptors (Lipinski definition) is 17. The van der Waals surface area contributed by atoms with Crippen LogP contribution < -0.4 is 57.9 Å². The predicted molar refractivity (Wildman–Crippen MR) is 285 cm³/mol. The molecule has 0 aromatic heterocycles. The molecule has 80 heavy (non-hydrogen) atoms. The number of nitrogens with one attached hydrogen (secondary N) is 7. The number of amides is 7. The van der Waals surface area contributed by atoms with Gasteiger partial charge < -0.3 is 82.9 Å². The normalized spacial score (nSPS) is 16.4. The number of phosphoric acid groups is 1. The average Bonchev–Trinajstić information content (AvgIpc) is 3.68. The number of rotatable bonds is 22. The summed E-state index contributed by atoms with van der Waals surface area (Å²) in [5.41, 5.74) is 11.3. The minimum atomic E-state index is -4.94. The van der Waals surface area contributed by atoms with E-state index in [4.69, 9.17) is 33.2 Å². The van der Waals surface area contributed by atoms with Crippen LogP contribution in [-0.2, 0) is 54.9 Å². The molecule has 7 amide bonds. The number of phenols is 2. The van der Waals surface area contributed by atoms with Gasteiger partial charge in [-0.1, -0.05) is 32.0 Å². The second-order valence-electron chi connectivity index (χ2n) is 19.3. The fourth-order valence-corrected chi connectivity index (χ4v) is 9.86. The summed E-state index contributed by atoms with van der Waals surface area (Å²) in [7, 11) is -4.94. The second kappa shape index (κ2) is 25.2. The number of piperazine rings is 1. The van der Waals surface area contributed by atoms with Crippen molar-refractivity contribution in [2.24, 2.45) is 17.4 Å². The molecule has 7 rings (SSSR count). The number of carbonyl (C=O) groups is 8. The van der Waals surface area contributed by atoms with Crippen molar-refractivity contribution in [1.29, 1.82) is 0 Å². The maximum Gasteiger partial charge on any atom is 0.524 e. The first-order valence-electron chi connectivity index (χ1n) is 24.9. The molecule has 1 fully saturated rings. The van der Waals surface area contributed by atoms with Crippen molar-refractivity contribution in [3.63, 3.8) is 0 Å². The molecule has 4 aromatic rings. The molecule has 3 aliphatic heterocycles. The zero-order chi connectivity index (χ0) is 58.2. The van der Waals surface area contributed by atoms with E-state index < -0.39 is 111 Å². The molecule has 426 valence electrons. The topological polar surface area (TPSA) is 422 Å². The van der Waals surface area contributed by atoms with Crippen molar-refractivity contribution in [1.82, 2.24) is 36.8 Å². The zero-order valence-corrected chi connectivity index (χ0v) is 44.6. The number of ether oxygens (including phenoxy) is 2. The standard InChI is InChI=1S/C51H59N10O17PS/c1-25(2)17-36(46(69)60-39(24-62)44(53)67)57-43(66)22-55-45(68)35(13-14-42(52)65)58-47(70)37(18-26-3-8-30(9-4-26)78-79(73,74)75)59-48(71)38-23-61(16-15-54-38)50(80)56-27-5-10-32-31(19-27)49(72)77-51(32)33-11-6-28(63)20-40(33)76-41-21-29(64)7-12-34(41)51/h3-12,19-21,25,35-39,54,62-64H,13-18,22-24H2,1-2H3,(H2,52,65)(H2,53,67)(H,55,68)(H,56,80)(H,57,66)(H,58,70)(H,59,71)(H,60,69)(H2,73,74,75)/t35-,36-,37-,38?,39-/m0/s1. The molecule has 0 radical (unpaired) electrons. The molecule has 0 saturated carbocycles. The number of phenolic OH excluding ortho intramolecular Hbond substituents is 2. The molecule has 1 spiro atoms. The molecular weight excluding hydrogens is 1090 g/mol. The number of aliphatic hydroxyl groups excluding tert-OH is 1. The van der Waals surface area contributed by atoms with Crippen LogP contribution in [0, 0.1) is 5.92 Å². The van der Waals surface area contributed by atoms with E-state index in [9.17, 15) is 68.0 Å². The van der Waals surface area contributed by atoms with Gasteiger partial charge in [-0.2, -0.15) is 0 Å². The first kappa shape index (κ1) is 59.3. The van der Waals surface area contributed by atoms with E-state index in [0.29, 0.717) is 34.5 Å². The van der Waals surface area contributed by atoms with Crippen LogP contribution in [0.2, 0.25) is 0 Å². The Morgan fingerprint density at radius 2 is 1.45 bits per heavy atom. The molecule has 1 unspecified atom stereocenters. The Hall–Kier alpha value is -8.40. The lowest BCUT2D eigenvalue weighted by Gasteiger charge is -2.36. The minimum Gasteiger partial charge on any atom is -0.508 e. The third-order valence-corrected chi connectivity index (χ3v) is 13.8. The fourth-order valence-electron chi connectivity index (χ4n) is 9.18. The molecule has 5 atom stereocenters. The Morgan fingerprint density at radius 3 is 2.05 bits per heavy atom. The number of aromatic hydroxyl groups is 2. The molecular formula is C51H59N10O17PS. The van der Waals surface area contributed by atoms with Crippen molar-refractivity contribution in [3.05, 3.63) is 107 Å². The van der Waals surface area contributed by atoms with Gasteiger partial charge in [-0.15, -0.1) is 0 Å². The summed E-state index contributed by atoms with van der Waals surface area (Å²) in [5.74, 6) is -7.05. The summed E-state index contributed by atoms with van der Waals surface area (Å²) in [6.45, 7) is 2.41. The van der Waals surface area contributed by atoms with E-state index in [1.807, 2.05) is 0 Å². The summed E-state index contributed by atoms with van der Waals surface area (Å²) in [5, 5.41) is 48.7. The Labute approximate surface area is 461 Å². The van der Waals surface area contributed by atoms with E-state index in [1.54, 1.807) is 49.1 Å². The zero-order valence-electron chi connectivity index (χ0n) is 42.9. The Balaban J connectivity index is 1.05. The van der Waals surface area contributed by atoms with Crippen LogP contribution in [0.25, 0.3) is 0 Å². The van der Waals surface area contributed by atoms with Gasteiger partial charge in [-0.05, 0) is 85.1 Å². The van der Waals surface area contributed by atoms with E-state index in [1.165, 1.54) is 48.5 Å². The van der Waals surface area contributed by atoms with E-state index >= 15 is 0 Å². The average molecular weight is 1150 g/mol. The highest BCUT2D eigenvalue weighted by atomic mass is 32.1. The van der Waals surface area contributed by atoms with Crippen molar-refractivity contribution in [2.45, 2.75) is 75.3 Å². The molecule has 3 heterocycles. The van der Waals surface area contributed by atoms with Crippen LogP contribution in [0.15, 0.2) is 78.9 Å². The smallest absolute Gasteiger partial charge is 0.508 e. The summed E-state index contributed by atoms with van der Waals surface area (Å²) in [6, 6.07) is 12.1. The monoisotopic (exact) mass is 1150 g/mol. The van der Waals surface area contributed by atoms with Gasteiger partial charge in [-0.3, -0.25) is 43.3 Å². The number of phosphoric ester groups is 1. The number of carbonyl (C=O) groups excluding carboxylic acids is 8. The largest absolute Gasteiger partial charge is 0.524 e. The molecule has 0 aliphatic carbocycles. The molecule has 3 aliphatic rings. The molecule has 29 heteroatoms. The summed E-state index contributed by atoms with van der Waals surface area (Å²) in [4.78, 5) is 126. The van der Waals surface area contributed by atoms with Crippen LogP contribution in [0.1, 0.15) is 65.7 Å². The van der Waals surface area contributed by atoms with E-state index in [-0.39, 0.29) is 77.7 Å². The highest BCUT2D eigenvalue weighted by Crippen LogP contribution is 2.57. The Bertz CT molecular complexity index is 3090. The first-order valence-corrected chi connectivity index (χ1v) is 26.8. The lowest BCUT2D eigenvalue weighted by atomic mass is 9.77. The highest BCUT2D eigenvalue weighted by Gasteiger charge is 2.54. The van der Waals surface area contributed by atoms with Gasteiger partial charge in [0.25, 0.3) is 0 Å². The van der Waals surface area contributed by atoms with Gasteiger partial charge in [0.15, 0.2) is 10.7 Å². The number of esters is 1. The predicted octanol–water partition coefficient (Wildman–Crippen LogP) is -0.805. The molecule has 0 bridgehead atoms. The highest BCUT2D eigenvalue weighted by molar-refractivity contribution is 7.80. The van der Waals surface area contributed by atoms with E-state index in [0.717, 1.165) is 0 Å². The maximum atomic E-state index is 14.3. The van der Waals surface area contributed by atoms with Crippen LogP contribution in [-0.4, -0.2) is 145 Å². The number of aliphatic hydroxyl groups is 1. The molecule has 1 saturated heterocycles. The number of nitrogens with zero attached hydrogens (tertiary/aromatic N) is 1. The van der Waals surface area contributed by atoms with Crippen LogP contribution in [0.4, 0.5) is 5.69 Å². The number of benzene rings is 4. The van der Waals surface area contributed by atoms with Crippen LogP contribution in [0.5, 0.6) is 28.7 Å². The fraction of sp³-hybridized carbons (Fsp3) is 0.353. The maximum absolute atomic E-state index is 14.3. The summed E-state index contributed by atoms with van der Waals surface area (Å²) in [6.07, 6.45) is -0.998. The van der Waals surface area contributed by atoms with Crippen molar-refractivity contribution >= 4 is 78.2 Å². The van der Waals surface area contributed by atoms with Crippen molar-refractivity contribution < 1.29 is 82.0 Å². The third-order valence-electron chi connectivity index (χ3n) is 13.0. The Kier molecular flexibility index (Phi) is 18.6. The van der Waals surface area contributed by atoms with Crippen molar-refractivity contribution in [3.8, 4) is 28.7 Å². The van der Waals surface area contributed by atoms with Gasteiger partial charge in [0.05, 0.1) is 18.7 Å². The SMILES string of the molecule is CC(C)C[C@H](NC(=O)CNC(=O)[C@H](CCC(N)=O)NC(=O)[C@H](Cc1ccc(OP(=O)(O)O)cc1)NC(=O)C1CN(C(=S)Nc2ccc3c(c2)C(=O)OC32c3ccc(O)cc3Oc3cc(O)ccc32)CCN1)C(=O)N[C@@H](CO)C(N)=O. The first-order chi connectivity index (χ1) is 37.8. The van der Waals surface area contributed by atoms with Gasteiger partial charge in [0, 0.05) is 67.0 Å². The van der Waals surface area contributed by atoms with Crippen molar-refractivity contribution in [2.75, 3.05) is 38.1 Å². The van der Waals surface area contributed by atoms with Gasteiger partial charge in [-0.25, -0.2) is 9.36 Å². The lowest BCUT2D eigenvalue weighted by molar-refractivity contribution is -0.134. The van der Waals surface area contributed by atoms with Gasteiger partial charge in [0.2, 0.25) is 41.4 Å². The third kappa shape index (κ3) is 14.4. The van der Waals surface area contributed by atoms with Gasteiger partial charge in [0.1, 0.15) is 59.0 Å². The summed E-state index contributed by atoms with van der Waals surface area (Å²) >= 11 is 5.80. The van der Waals surface area contributed by atoms with Crippen LogP contribution >= 0.6 is 20.0 Å². The lowest BCUT2D eigenvalue weighted by Crippen LogP contribution is -2.62. The number of fused-ring (bicyclic) bond motifs is 6. The number of thiocarbonyl (C=S) groups is 1. The van der Waals surface area contributed by atoms with Gasteiger partial charge >= 0.3 is 13.8 Å². The quantitative estimate of drug-likeness (QED) is 0.0260. The summed E-state index contributed by atoms with van der Waals surface area (Å²) < 4.78 is 28.3. The number of anilines is 1.